The molecule has 2 aromatic carbocycles. The van der Waals surface area contributed by atoms with Crippen molar-refractivity contribution in [3.05, 3.63) is 95.7 Å². The average molecular weight is 441 g/mol. The first-order valence-electron chi connectivity index (χ1n) is 9.40. The van der Waals surface area contributed by atoms with Gasteiger partial charge in [0.1, 0.15) is 17.2 Å². The van der Waals surface area contributed by atoms with Crippen LogP contribution in [0.5, 0.6) is 0 Å². The van der Waals surface area contributed by atoms with Crippen LogP contribution in [-0.2, 0) is 12.7 Å². The number of alkyl halides is 3. The molecule has 0 saturated heterocycles. The highest BCUT2D eigenvalue weighted by atomic mass is 19.4. The second kappa shape index (κ2) is 8.58. The topological polar surface area (TPSA) is 72.7 Å². The molecule has 0 radical (unpaired) electrons. The van der Waals surface area contributed by atoms with E-state index in [9.17, 15) is 22.4 Å². The summed E-state index contributed by atoms with van der Waals surface area (Å²) in [5.41, 5.74) is 0.0714. The van der Waals surface area contributed by atoms with Crippen molar-refractivity contribution in [1.82, 2.24) is 25.3 Å². The van der Waals surface area contributed by atoms with Crippen molar-refractivity contribution in [3.8, 4) is 16.9 Å². The molecular weight excluding hydrogens is 426 g/mol. The molecule has 1 N–H and O–H groups in total. The van der Waals surface area contributed by atoms with Crippen LogP contribution in [0.25, 0.3) is 16.9 Å². The average Bonchev–Trinajstić information content (AvgIpc) is 3.23. The van der Waals surface area contributed by atoms with Crippen LogP contribution >= 0.6 is 0 Å². The van der Waals surface area contributed by atoms with E-state index in [0.29, 0.717) is 5.56 Å². The van der Waals surface area contributed by atoms with Crippen molar-refractivity contribution in [2.45, 2.75) is 12.7 Å². The summed E-state index contributed by atoms with van der Waals surface area (Å²) in [6.45, 7) is -0.165. The Morgan fingerprint density at radius 3 is 2.56 bits per heavy atom. The molecular formula is C22H15F4N5O. The third-order valence-corrected chi connectivity index (χ3v) is 4.61. The molecule has 4 aromatic rings. The van der Waals surface area contributed by atoms with Crippen LogP contribution in [0, 0.1) is 5.82 Å². The number of aromatic nitrogens is 4. The Labute approximate surface area is 179 Å². The first kappa shape index (κ1) is 21.2. The maximum atomic E-state index is 14.4. The Bertz CT molecular complexity index is 1250. The summed E-state index contributed by atoms with van der Waals surface area (Å²) in [5.74, 6) is -1.25. The van der Waals surface area contributed by atoms with Gasteiger partial charge in [0.15, 0.2) is 5.69 Å². The van der Waals surface area contributed by atoms with Gasteiger partial charge in [-0.3, -0.25) is 9.78 Å². The number of hydrogen-bond donors (Lipinski definition) is 1. The SMILES string of the molecule is O=C(NCc1cccc(C(F)(F)F)c1)c1nnn(-c2ccccc2F)c1-c1cccnc1. The van der Waals surface area contributed by atoms with Gasteiger partial charge in [-0.05, 0) is 42.0 Å². The van der Waals surface area contributed by atoms with Gasteiger partial charge in [-0.25, -0.2) is 9.07 Å². The van der Waals surface area contributed by atoms with Gasteiger partial charge >= 0.3 is 6.18 Å². The lowest BCUT2D eigenvalue weighted by Gasteiger charge is -2.10. The lowest BCUT2D eigenvalue weighted by molar-refractivity contribution is -0.137. The minimum Gasteiger partial charge on any atom is -0.346 e. The van der Waals surface area contributed by atoms with Crippen molar-refractivity contribution in [1.29, 1.82) is 0 Å². The molecule has 0 fully saturated rings. The zero-order chi connectivity index (χ0) is 22.7. The molecule has 0 spiro atoms. The second-order valence-corrected chi connectivity index (χ2v) is 6.77. The van der Waals surface area contributed by atoms with Gasteiger partial charge in [-0.1, -0.05) is 29.5 Å². The molecule has 0 aliphatic heterocycles. The summed E-state index contributed by atoms with van der Waals surface area (Å²) in [6, 6.07) is 13.8. The summed E-state index contributed by atoms with van der Waals surface area (Å²) in [6.07, 6.45) is -1.48. The number of carbonyl (C=O) groups excluding carboxylic acids is 1. The van der Waals surface area contributed by atoms with Gasteiger partial charge < -0.3 is 5.32 Å². The standard InChI is InChI=1S/C22H15F4N5O/c23-17-8-1-2-9-18(17)31-20(15-6-4-10-27-13-15)19(29-30-31)21(32)28-12-14-5-3-7-16(11-14)22(24,25)26/h1-11,13H,12H2,(H,28,32). The van der Waals surface area contributed by atoms with Crippen LogP contribution in [0.4, 0.5) is 17.6 Å². The van der Waals surface area contributed by atoms with Crippen molar-refractivity contribution < 1.29 is 22.4 Å². The molecule has 0 atom stereocenters. The van der Waals surface area contributed by atoms with Gasteiger partial charge in [-0.15, -0.1) is 5.10 Å². The molecule has 162 valence electrons. The zero-order valence-corrected chi connectivity index (χ0v) is 16.3. The number of para-hydroxylation sites is 1. The molecule has 32 heavy (non-hydrogen) atoms. The summed E-state index contributed by atoms with van der Waals surface area (Å²) in [4.78, 5) is 16.9. The third kappa shape index (κ3) is 4.34. The predicted octanol–water partition coefficient (Wildman–Crippen LogP) is 4.42. The first-order valence-corrected chi connectivity index (χ1v) is 9.40. The molecule has 0 bridgehead atoms. The van der Waals surface area contributed by atoms with Gasteiger partial charge in [0.25, 0.3) is 5.91 Å². The van der Waals surface area contributed by atoms with E-state index < -0.39 is 23.5 Å². The second-order valence-electron chi connectivity index (χ2n) is 6.77. The number of halogens is 4. The Balaban J connectivity index is 1.67. The number of rotatable bonds is 5. The highest BCUT2D eigenvalue weighted by Gasteiger charge is 2.30. The first-order chi connectivity index (χ1) is 15.3. The summed E-state index contributed by atoms with van der Waals surface area (Å²) >= 11 is 0. The van der Waals surface area contributed by atoms with Gasteiger partial charge in [-0.2, -0.15) is 13.2 Å². The van der Waals surface area contributed by atoms with E-state index in [-0.39, 0.29) is 29.2 Å². The summed E-state index contributed by atoms with van der Waals surface area (Å²) in [5, 5.41) is 10.4. The molecule has 0 aliphatic carbocycles. The summed E-state index contributed by atoms with van der Waals surface area (Å²) < 4.78 is 54.3. The number of pyridine rings is 1. The van der Waals surface area contributed by atoms with E-state index in [0.717, 1.165) is 12.1 Å². The number of benzene rings is 2. The van der Waals surface area contributed by atoms with Crippen LogP contribution in [0.2, 0.25) is 0 Å². The maximum absolute atomic E-state index is 14.4. The predicted molar refractivity (Wildman–Crippen MR) is 107 cm³/mol. The largest absolute Gasteiger partial charge is 0.416 e. The van der Waals surface area contributed by atoms with Crippen molar-refractivity contribution >= 4 is 5.91 Å². The van der Waals surface area contributed by atoms with Crippen LogP contribution in [0.1, 0.15) is 21.6 Å². The Morgan fingerprint density at radius 2 is 1.84 bits per heavy atom. The lowest BCUT2D eigenvalue weighted by atomic mass is 10.1. The molecule has 2 aromatic heterocycles. The van der Waals surface area contributed by atoms with E-state index in [1.165, 1.54) is 47.4 Å². The summed E-state index contributed by atoms with van der Waals surface area (Å²) in [7, 11) is 0. The zero-order valence-electron chi connectivity index (χ0n) is 16.3. The fraction of sp³-hybridized carbons (Fsp3) is 0.0909. The van der Waals surface area contributed by atoms with Crippen LogP contribution in [-0.4, -0.2) is 25.9 Å². The van der Waals surface area contributed by atoms with E-state index in [4.69, 9.17) is 0 Å². The van der Waals surface area contributed by atoms with Gasteiger partial charge in [0.2, 0.25) is 0 Å². The Hall–Kier alpha value is -4.08. The monoisotopic (exact) mass is 441 g/mol. The molecule has 2 heterocycles. The third-order valence-electron chi connectivity index (χ3n) is 4.61. The molecule has 0 saturated carbocycles. The number of amides is 1. The highest BCUT2D eigenvalue weighted by molar-refractivity contribution is 5.98. The fourth-order valence-electron chi connectivity index (χ4n) is 3.11. The van der Waals surface area contributed by atoms with Crippen molar-refractivity contribution in [3.63, 3.8) is 0 Å². The van der Waals surface area contributed by atoms with Crippen molar-refractivity contribution in [2.24, 2.45) is 0 Å². The van der Waals surface area contributed by atoms with Crippen molar-refractivity contribution in [2.75, 3.05) is 0 Å². The number of hydrogen-bond acceptors (Lipinski definition) is 4. The number of nitrogens with zero attached hydrogens (tertiary/aromatic N) is 4. The molecule has 6 nitrogen and oxygen atoms in total. The van der Waals surface area contributed by atoms with Gasteiger partial charge in [0, 0.05) is 24.5 Å². The van der Waals surface area contributed by atoms with Crippen LogP contribution < -0.4 is 5.32 Å². The van der Waals surface area contributed by atoms with E-state index in [1.807, 2.05) is 0 Å². The molecule has 0 aliphatic rings. The molecule has 10 heteroatoms. The molecule has 0 unspecified atom stereocenters. The minimum atomic E-state index is -4.49. The maximum Gasteiger partial charge on any atom is 0.416 e. The van der Waals surface area contributed by atoms with Crippen LogP contribution in [0.15, 0.2) is 73.1 Å². The Morgan fingerprint density at radius 1 is 1.03 bits per heavy atom. The van der Waals surface area contributed by atoms with E-state index in [2.05, 4.69) is 20.6 Å². The number of carbonyl (C=O) groups is 1. The number of nitrogens with one attached hydrogen (secondary N) is 1. The molecule has 1 amide bonds. The highest BCUT2D eigenvalue weighted by Crippen LogP contribution is 2.30. The lowest BCUT2D eigenvalue weighted by Crippen LogP contribution is -2.24. The van der Waals surface area contributed by atoms with E-state index >= 15 is 0 Å². The quantitative estimate of drug-likeness (QED) is 0.466. The van der Waals surface area contributed by atoms with Crippen LogP contribution in [0.3, 0.4) is 0 Å². The fourth-order valence-corrected chi connectivity index (χ4v) is 3.11. The molecule has 4 rings (SSSR count). The minimum absolute atomic E-state index is 0.0794. The van der Waals surface area contributed by atoms with Gasteiger partial charge in [0.05, 0.1) is 5.56 Å². The Kier molecular flexibility index (Phi) is 5.67. The normalized spacial score (nSPS) is 11.4. The smallest absolute Gasteiger partial charge is 0.346 e. The van der Waals surface area contributed by atoms with E-state index in [1.54, 1.807) is 18.2 Å².